The number of hydrogen-bond acceptors (Lipinski definition) is 4. The van der Waals surface area contributed by atoms with Gasteiger partial charge in [-0.25, -0.2) is 0 Å². The van der Waals surface area contributed by atoms with E-state index in [2.05, 4.69) is 19.0 Å². The van der Waals surface area contributed by atoms with E-state index in [1.165, 1.54) is 4.88 Å². The van der Waals surface area contributed by atoms with Crippen molar-refractivity contribution in [2.75, 3.05) is 0 Å². The molecule has 0 atom stereocenters. The Morgan fingerprint density at radius 3 is 2.74 bits per heavy atom. The van der Waals surface area contributed by atoms with Crippen molar-refractivity contribution in [3.05, 3.63) is 16.6 Å². The first-order valence-electron chi connectivity index (χ1n) is 6.67. The molecule has 0 radical (unpaired) electrons. The third-order valence-electron chi connectivity index (χ3n) is 4.06. The van der Waals surface area contributed by atoms with Crippen molar-refractivity contribution in [1.82, 2.24) is 5.16 Å². The number of thiophene rings is 1. The molecule has 0 saturated heterocycles. The summed E-state index contributed by atoms with van der Waals surface area (Å²) in [6.45, 7) is 4.25. The first-order valence-corrected chi connectivity index (χ1v) is 7.49. The van der Waals surface area contributed by atoms with Gasteiger partial charge in [0.2, 0.25) is 0 Å². The van der Waals surface area contributed by atoms with E-state index in [4.69, 9.17) is 4.52 Å². The van der Waals surface area contributed by atoms with Crippen molar-refractivity contribution >= 4 is 27.6 Å². The monoisotopic (exact) mass is 279 g/mol. The van der Waals surface area contributed by atoms with Gasteiger partial charge < -0.3 is 9.63 Å². The molecule has 3 rings (SSSR count). The maximum absolute atomic E-state index is 11.7. The van der Waals surface area contributed by atoms with Gasteiger partial charge in [0.15, 0.2) is 5.58 Å². The summed E-state index contributed by atoms with van der Waals surface area (Å²) < 4.78 is 6.29. The minimum absolute atomic E-state index is 0.421. The highest BCUT2D eigenvalue weighted by Gasteiger charge is 2.47. The molecule has 19 heavy (non-hydrogen) atoms. The molecule has 2 aromatic heterocycles. The molecular formula is C14H17NO3S. The van der Waals surface area contributed by atoms with Gasteiger partial charge in [-0.1, -0.05) is 31.8 Å². The highest BCUT2D eigenvalue weighted by atomic mass is 32.1. The maximum Gasteiger partial charge on any atom is 0.315 e. The molecule has 0 aliphatic heterocycles. The molecule has 2 aromatic rings. The Labute approximate surface area is 115 Å². The lowest BCUT2D eigenvalue weighted by atomic mass is 9.83. The van der Waals surface area contributed by atoms with E-state index < -0.39 is 11.4 Å². The Kier molecular flexibility index (Phi) is 2.89. The largest absolute Gasteiger partial charge is 0.481 e. The molecule has 1 N–H and O–H groups in total. The highest BCUT2D eigenvalue weighted by molar-refractivity contribution is 7.19. The zero-order valence-electron chi connectivity index (χ0n) is 11.1. The van der Waals surface area contributed by atoms with Crippen molar-refractivity contribution in [2.24, 2.45) is 0 Å². The van der Waals surface area contributed by atoms with Crippen LogP contribution < -0.4 is 0 Å². The lowest BCUT2D eigenvalue weighted by Crippen LogP contribution is -2.33. The summed E-state index contributed by atoms with van der Waals surface area (Å²) in [6, 6.07) is 1.99. The summed E-state index contributed by atoms with van der Waals surface area (Å²) in [7, 11) is 0. The molecule has 0 bridgehead atoms. The lowest BCUT2D eigenvalue weighted by molar-refractivity contribution is -0.143. The predicted molar refractivity (Wildman–Crippen MR) is 73.8 cm³/mol. The molecule has 1 saturated carbocycles. The normalized spacial score (nSPS) is 18.5. The van der Waals surface area contributed by atoms with E-state index in [0.717, 1.165) is 23.1 Å². The van der Waals surface area contributed by atoms with Crippen molar-refractivity contribution < 1.29 is 14.4 Å². The summed E-state index contributed by atoms with van der Waals surface area (Å²) in [5.74, 6) is -0.343. The minimum Gasteiger partial charge on any atom is -0.481 e. The van der Waals surface area contributed by atoms with Crippen LogP contribution in [-0.4, -0.2) is 16.2 Å². The maximum atomic E-state index is 11.7. The first kappa shape index (κ1) is 12.7. The van der Waals surface area contributed by atoms with E-state index in [-0.39, 0.29) is 0 Å². The molecule has 0 spiro atoms. The van der Waals surface area contributed by atoms with Crippen LogP contribution in [0.5, 0.6) is 0 Å². The van der Waals surface area contributed by atoms with Crippen LogP contribution in [0.25, 0.3) is 10.3 Å². The van der Waals surface area contributed by atoms with Crippen LogP contribution in [-0.2, 0) is 10.2 Å². The van der Waals surface area contributed by atoms with Gasteiger partial charge in [0, 0.05) is 4.88 Å². The lowest BCUT2D eigenvalue weighted by Gasteiger charge is -2.20. The van der Waals surface area contributed by atoms with Crippen LogP contribution in [0.1, 0.15) is 56.0 Å². The number of rotatable bonds is 3. The second-order valence-electron chi connectivity index (χ2n) is 5.62. The van der Waals surface area contributed by atoms with Gasteiger partial charge in [0.05, 0.1) is 4.70 Å². The van der Waals surface area contributed by atoms with Crippen LogP contribution in [0.15, 0.2) is 10.6 Å². The van der Waals surface area contributed by atoms with Gasteiger partial charge in [-0.05, 0) is 24.8 Å². The second-order valence-corrected chi connectivity index (χ2v) is 6.71. The van der Waals surface area contributed by atoms with Gasteiger partial charge in [-0.3, -0.25) is 4.79 Å². The van der Waals surface area contributed by atoms with E-state index >= 15 is 0 Å². The average Bonchev–Trinajstić information content (AvgIpc) is 3.03. The number of carboxylic acids is 1. The fourth-order valence-corrected chi connectivity index (χ4v) is 4.04. The van der Waals surface area contributed by atoms with Crippen molar-refractivity contribution in [1.29, 1.82) is 0 Å². The summed E-state index contributed by atoms with van der Waals surface area (Å²) in [6.07, 6.45) is 3.23. The first-order chi connectivity index (χ1) is 9.04. The number of carboxylic acid groups (broad SMARTS) is 1. The molecule has 0 unspecified atom stereocenters. The van der Waals surface area contributed by atoms with Gasteiger partial charge >= 0.3 is 5.97 Å². The Morgan fingerprint density at radius 1 is 1.47 bits per heavy atom. The van der Waals surface area contributed by atoms with Crippen molar-refractivity contribution in [3.63, 3.8) is 0 Å². The van der Waals surface area contributed by atoms with E-state index in [0.29, 0.717) is 24.5 Å². The predicted octanol–water partition coefficient (Wildman–Crippen LogP) is 3.91. The standard InChI is InChI=1S/C14H17NO3S/c1-8(2)10-7-9-11(19-10)12(15-18-9)14(13(16)17)5-3-4-6-14/h7-8H,3-6H2,1-2H3,(H,16,17). The van der Waals surface area contributed by atoms with Crippen molar-refractivity contribution in [3.8, 4) is 0 Å². The highest BCUT2D eigenvalue weighted by Crippen LogP contribution is 2.46. The van der Waals surface area contributed by atoms with Gasteiger partial charge in [0.1, 0.15) is 11.1 Å². The van der Waals surface area contributed by atoms with Crippen LogP contribution in [0.4, 0.5) is 0 Å². The number of fused-ring (bicyclic) bond motifs is 1. The number of nitrogens with zero attached hydrogens (tertiary/aromatic N) is 1. The van der Waals surface area contributed by atoms with Gasteiger partial charge in [0.25, 0.3) is 0 Å². The summed E-state index contributed by atoms with van der Waals surface area (Å²) in [5, 5.41) is 13.7. The molecule has 1 aliphatic carbocycles. The molecule has 2 heterocycles. The third-order valence-corrected chi connectivity index (χ3v) is 5.48. The molecule has 4 nitrogen and oxygen atoms in total. The fraction of sp³-hybridized carbons (Fsp3) is 0.571. The topological polar surface area (TPSA) is 63.3 Å². The quantitative estimate of drug-likeness (QED) is 0.925. The molecule has 1 fully saturated rings. The Balaban J connectivity index is 2.16. The zero-order valence-corrected chi connectivity index (χ0v) is 11.9. The summed E-state index contributed by atoms with van der Waals surface area (Å²) in [4.78, 5) is 12.9. The van der Waals surface area contributed by atoms with E-state index in [1.807, 2.05) is 6.07 Å². The average molecular weight is 279 g/mol. The molecule has 0 amide bonds. The minimum atomic E-state index is -0.829. The van der Waals surface area contributed by atoms with Gasteiger partial charge in [-0.15, -0.1) is 11.3 Å². The Hall–Kier alpha value is -1.36. The van der Waals surface area contributed by atoms with Crippen LogP contribution >= 0.6 is 11.3 Å². The molecule has 5 heteroatoms. The zero-order chi connectivity index (χ0) is 13.6. The third kappa shape index (κ3) is 1.79. The number of aromatic nitrogens is 1. The smallest absolute Gasteiger partial charge is 0.315 e. The van der Waals surface area contributed by atoms with Crippen LogP contribution in [0, 0.1) is 0 Å². The summed E-state index contributed by atoms with van der Waals surface area (Å²) in [5.41, 5.74) is 0.547. The molecule has 0 aromatic carbocycles. The molecule has 1 aliphatic rings. The second kappa shape index (κ2) is 4.34. The van der Waals surface area contributed by atoms with E-state index in [9.17, 15) is 9.90 Å². The number of carbonyl (C=O) groups is 1. The molecular weight excluding hydrogens is 262 g/mol. The number of hydrogen-bond donors (Lipinski definition) is 1. The van der Waals surface area contributed by atoms with E-state index in [1.54, 1.807) is 11.3 Å². The van der Waals surface area contributed by atoms with Crippen LogP contribution in [0.3, 0.4) is 0 Å². The Bertz CT molecular complexity index is 620. The SMILES string of the molecule is CC(C)c1cc2onc(C3(C(=O)O)CCCC3)c2s1. The van der Waals surface area contributed by atoms with Crippen LogP contribution in [0.2, 0.25) is 0 Å². The van der Waals surface area contributed by atoms with Gasteiger partial charge in [-0.2, -0.15) is 0 Å². The summed E-state index contributed by atoms with van der Waals surface area (Å²) >= 11 is 1.62. The fourth-order valence-electron chi connectivity index (χ4n) is 2.88. The Morgan fingerprint density at radius 2 is 2.16 bits per heavy atom. The molecule has 102 valence electrons. The van der Waals surface area contributed by atoms with Crippen molar-refractivity contribution in [2.45, 2.75) is 50.9 Å². The number of aliphatic carboxylic acids is 1.